The average Bonchev–Trinajstić information content (AvgIpc) is 2.67. The highest BCUT2D eigenvalue weighted by molar-refractivity contribution is 5.83. The molecule has 92 valence electrons. The van der Waals surface area contributed by atoms with E-state index in [1.165, 1.54) is 12.8 Å². The summed E-state index contributed by atoms with van der Waals surface area (Å²) in [7, 11) is 0. The van der Waals surface area contributed by atoms with E-state index in [1.807, 2.05) is 30.3 Å². The molecule has 1 aliphatic rings. The minimum Gasteiger partial charge on any atom is -0.336 e. The zero-order chi connectivity index (χ0) is 12.3. The lowest BCUT2D eigenvalue weighted by Gasteiger charge is -2.33. The Morgan fingerprint density at radius 2 is 2.06 bits per heavy atom. The van der Waals surface area contributed by atoms with Gasteiger partial charge in [0, 0.05) is 12.1 Å². The van der Waals surface area contributed by atoms with Gasteiger partial charge < -0.3 is 4.90 Å². The van der Waals surface area contributed by atoms with Crippen LogP contribution in [0.25, 0.3) is 0 Å². The maximum atomic E-state index is 5.60. The van der Waals surface area contributed by atoms with Crippen LogP contribution in [0.4, 0.5) is 5.69 Å². The number of nitrogens with zero attached hydrogens (tertiary/aromatic N) is 2. The summed E-state index contributed by atoms with van der Waals surface area (Å²) in [6.07, 6.45) is 2.35. The molecule has 0 radical (unpaired) electrons. The molecule has 1 aromatic carbocycles. The molecule has 0 aliphatic carbocycles. The standard InChI is InChI=1S/C13H20N4/c1-13(2)9-6-10-17(13)12(16-14)15-11-7-4-3-5-8-11/h3-5,7-8H,6,9-10,14H2,1-2H3,(H,15,16). The Balaban J connectivity index is 2.25. The third kappa shape index (κ3) is 2.58. The van der Waals surface area contributed by atoms with Gasteiger partial charge in [0.2, 0.25) is 5.96 Å². The lowest BCUT2D eigenvalue weighted by molar-refractivity contribution is 0.273. The van der Waals surface area contributed by atoms with E-state index in [1.54, 1.807) is 0 Å². The van der Waals surface area contributed by atoms with Gasteiger partial charge in [0.25, 0.3) is 0 Å². The van der Waals surface area contributed by atoms with Crippen LogP contribution in [0.5, 0.6) is 0 Å². The molecule has 0 atom stereocenters. The maximum absolute atomic E-state index is 5.60. The summed E-state index contributed by atoms with van der Waals surface area (Å²) >= 11 is 0. The molecule has 1 saturated heterocycles. The van der Waals surface area contributed by atoms with Crippen LogP contribution in [0.2, 0.25) is 0 Å². The summed E-state index contributed by atoms with van der Waals surface area (Å²) < 4.78 is 0. The Morgan fingerprint density at radius 1 is 1.35 bits per heavy atom. The van der Waals surface area contributed by atoms with Crippen LogP contribution in [-0.4, -0.2) is 22.9 Å². The number of rotatable bonds is 1. The fraction of sp³-hybridized carbons (Fsp3) is 0.462. The Kier molecular flexibility index (Phi) is 3.33. The summed E-state index contributed by atoms with van der Waals surface area (Å²) in [5.41, 5.74) is 3.77. The third-order valence-corrected chi connectivity index (χ3v) is 3.28. The van der Waals surface area contributed by atoms with E-state index < -0.39 is 0 Å². The van der Waals surface area contributed by atoms with Crippen molar-refractivity contribution in [3.8, 4) is 0 Å². The van der Waals surface area contributed by atoms with Crippen LogP contribution < -0.4 is 11.3 Å². The molecule has 1 aliphatic heterocycles. The van der Waals surface area contributed by atoms with E-state index in [-0.39, 0.29) is 5.54 Å². The van der Waals surface area contributed by atoms with Crippen molar-refractivity contribution in [1.29, 1.82) is 0 Å². The molecule has 17 heavy (non-hydrogen) atoms. The van der Waals surface area contributed by atoms with Crippen LogP contribution in [0.15, 0.2) is 35.3 Å². The number of guanidine groups is 1. The molecule has 0 aromatic heterocycles. The molecule has 0 amide bonds. The van der Waals surface area contributed by atoms with Crippen molar-refractivity contribution in [2.75, 3.05) is 6.54 Å². The first-order valence-corrected chi connectivity index (χ1v) is 6.01. The van der Waals surface area contributed by atoms with Gasteiger partial charge in [0.05, 0.1) is 5.69 Å². The Labute approximate surface area is 102 Å². The van der Waals surface area contributed by atoms with Crippen molar-refractivity contribution in [1.82, 2.24) is 10.3 Å². The summed E-state index contributed by atoms with van der Waals surface area (Å²) in [4.78, 5) is 6.80. The first-order chi connectivity index (χ1) is 8.13. The van der Waals surface area contributed by atoms with Crippen LogP contribution in [0, 0.1) is 0 Å². The number of nitrogens with two attached hydrogens (primary N) is 1. The lowest BCUT2D eigenvalue weighted by atomic mass is 10.0. The number of hydrogen-bond donors (Lipinski definition) is 2. The van der Waals surface area contributed by atoms with Gasteiger partial charge in [-0.2, -0.15) is 0 Å². The molecule has 0 unspecified atom stereocenters. The van der Waals surface area contributed by atoms with Crippen LogP contribution in [-0.2, 0) is 0 Å². The van der Waals surface area contributed by atoms with Crippen molar-refractivity contribution < 1.29 is 0 Å². The second kappa shape index (κ2) is 4.75. The number of likely N-dealkylation sites (tertiary alicyclic amines) is 1. The second-order valence-corrected chi connectivity index (χ2v) is 4.98. The van der Waals surface area contributed by atoms with E-state index in [0.29, 0.717) is 0 Å². The maximum Gasteiger partial charge on any atom is 0.214 e. The van der Waals surface area contributed by atoms with E-state index in [2.05, 4.69) is 29.2 Å². The SMILES string of the molecule is CC1(C)CCCN1C(=Nc1ccccc1)NN. The topological polar surface area (TPSA) is 53.6 Å². The van der Waals surface area contributed by atoms with E-state index >= 15 is 0 Å². The molecule has 3 N–H and O–H groups in total. The highest BCUT2D eigenvalue weighted by Gasteiger charge is 2.33. The van der Waals surface area contributed by atoms with Gasteiger partial charge in [-0.1, -0.05) is 18.2 Å². The van der Waals surface area contributed by atoms with Gasteiger partial charge >= 0.3 is 0 Å². The number of benzene rings is 1. The van der Waals surface area contributed by atoms with Gasteiger partial charge in [-0.05, 0) is 38.8 Å². The summed E-state index contributed by atoms with van der Waals surface area (Å²) in [6, 6.07) is 9.87. The molecule has 1 aromatic rings. The molecule has 0 saturated carbocycles. The van der Waals surface area contributed by atoms with Gasteiger partial charge in [0.15, 0.2) is 0 Å². The van der Waals surface area contributed by atoms with Gasteiger partial charge in [0.1, 0.15) is 0 Å². The first kappa shape index (κ1) is 11.9. The fourth-order valence-corrected chi connectivity index (χ4v) is 2.30. The Bertz CT molecular complexity index is 397. The Hall–Kier alpha value is -1.55. The highest BCUT2D eigenvalue weighted by Crippen LogP contribution is 2.28. The summed E-state index contributed by atoms with van der Waals surface area (Å²) in [5.74, 6) is 6.35. The highest BCUT2D eigenvalue weighted by atomic mass is 15.4. The number of para-hydroxylation sites is 1. The van der Waals surface area contributed by atoms with Crippen molar-refractivity contribution in [2.24, 2.45) is 10.8 Å². The smallest absolute Gasteiger partial charge is 0.214 e. The number of aliphatic imine (C=N–C) groups is 1. The molecule has 2 rings (SSSR count). The van der Waals surface area contributed by atoms with Gasteiger partial charge in [-0.25, -0.2) is 10.8 Å². The van der Waals surface area contributed by atoms with E-state index in [4.69, 9.17) is 5.84 Å². The number of nitrogens with one attached hydrogen (secondary N) is 1. The zero-order valence-electron chi connectivity index (χ0n) is 10.5. The third-order valence-electron chi connectivity index (χ3n) is 3.28. The zero-order valence-corrected chi connectivity index (χ0v) is 10.5. The van der Waals surface area contributed by atoms with Gasteiger partial charge in [-0.15, -0.1) is 0 Å². The average molecular weight is 232 g/mol. The van der Waals surface area contributed by atoms with E-state index in [9.17, 15) is 0 Å². The molecule has 4 heteroatoms. The van der Waals surface area contributed by atoms with Crippen molar-refractivity contribution in [3.05, 3.63) is 30.3 Å². The minimum absolute atomic E-state index is 0.125. The Morgan fingerprint density at radius 3 is 2.59 bits per heavy atom. The quantitative estimate of drug-likeness (QED) is 0.337. The summed E-state index contributed by atoms with van der Waals surface area (Å²) in [5, 5.41) is 0. The van der Waals surface area contributed by atoms with Crippen LogP contribution >= 0.6 is 0 Å². The molecule has 4 nitrogen and oxygen atoms in total. The largest absolute Gasteiger partial charge is 0.336 e. The van der Waals surface area contributed by atoms with Gasteiger partial charge in [-0.3, -0.25) is 5.43 Å². The fourth-order valence-electron chi connectivity index (χ4n) is 2.30. The summed E-state index contributed by atoms with van der Waals surface area (Å²) in [6.45, 7) is 5.44. The number of hydrogen-bond acceptors (Lipinski definition) is 2. The monoisotopic (exact) mass is 232 g/mol. The van der Waals surface area contributed by atoms with Crippen molar-refractivity contribution in [3.63, 3.8) is 0 Å². The molecule has 1 heterocycles. The van der Waals surface area contributed by atoms with Crippen LogP contribution in [0.3, 0.4) is 0 Å². The van der Waals surface area contributed by atoms with Crippen LogP contribution in [0.1, 0.15) is 26.7 Å². The molecule has 1 fully saturated rings. The molecule has 0 bridgehead atoms. The predicted molar refractivity (Wildman–Crippen MR) is 70.9 cm³/mol. The first-order valence-electron chi connectivity index (χ1n) is 6.01. The number of hydrazine groups is 1. The molecule has 0 spiro atoms. The molecular formula is C13H20N4. The minimum atomic E-state index is 0.125. The molecular weight excluding hydrogens is 212 g/mol. The normalized spacial score (nSPS) is 19.5. The lowest BCUT2D eigenvalue weighted by Crippen LogP contribution is -2.51. The predicted octanol–water partition coefficient (Wildman–Crippen LogP) is 2.01. The van der Waals surface area contributed by atoms with E-state index in [0.717, 1.165) is 18.2 Å². The van der Waals surface area contributed by atoms with Crippen molar-refractivity contribution in [2.45, 2.75) is 32.2 Å². The second-order valence-electron chi connectivity index (χ2n) is 4.98. The van der Waals surface area contributed by atoms with Crippen molar-refractivity contribution >= 4 is 11.6 Å².